The number of likely N-dealkylation sites (tertiary alicyclic amines) is 1. The molecule has 0 bridgehead atoms. The molecule has 0 radical (unpaired) electrons. The minimum absolute atomic E-state index is 0.125. The zero-order valence-electron chi connectivity index (χ0n) is 11.8. The number of likely N-dealkylation sites (N-methyl/N-ethyl adjacent to an activating group) is 1. The highest BCUT2D eigenvalue weighted by Gasteiger charge is 2.31. The Balaban J connectivity index is 1.76. The van der Waals surface area contributed by atoms with E-state index in [4.69, 9.17) is 4.74 Å². The van der Waals surface area contributed by atoms with Gasteiger partial charge < -0.3 is 4.74 Å². The van der Waals surface area contributed by atoms with Crippen molar-refractivity contribution < 1.29 is 14.3 Å². The number of nitrogens with zero attached hydrogens (tertiary/aromatic N) is 3. The third-order valence-electron chi connectivity index (χ3n) is 3.68. The number of imidazole rings is 1. The van der Waals surface area contributed by atoms with E-state index in [-0.39, 0.29) is 17.9 Å². The summed E-state index contributed by atoms with van der Waals surface area (Å²) >= 11 is 1.52. The molecule has 1 aliphatic rings. The van der Waals surface area contributed by atoms with Gasteiger partial charge in [-0.2, -0.15) is 4.98 Å². The van der Waals surface area contributed by atoms with E-state index in [0.717, 1.165) is 10.7 Å². The van der Waals surface area contributed by atoms with Crippen molar-refractivity contribution in [2.45, 2.75) is 25.4 Å². The van der Waals surface area contributed by atoms with Crippen molar-refractivity contribution >= 4 is 28.1 Å². The van der Waals surface area contributed by atoms with E-state index in [1.54, 1.807) is 7.11 Å². The van der Waals surface area contributed by atoms with Crippen molar-refractivity contribution in [3.63, 3.8) is 0 Å². The van der Waals surface area contributed by atoms with E-state index in [1.165, 1.54) is 23.3 Å². The lowest BCUT2D eigenvalue weighted by Crippen LogP contribution is -2.51. The monoisotopic (exact) mass is 308 g/mol. The van der Waals surface area contributed by atoms with Crippen LogP contribution in [0, 0.1) is 0 Å². The molecular weight excluding hydrogens is 292 g/mol. The Morgan fingerprint density at radius 1 is 1.52 bits per heavy atom. The number of methoxy groups -OCH3 is 1. The van der Waals surface area contributed by atoms with Crippen LogP contribution in [0.2, 0.25) is 0 Å². The van der Waals surface area contributed by atoms with Gasteiger partial charge in [0.05, 0.1) is 13.2 Å². The second-order valence-electron chi connectivity index (χ2n) is 4.89. The molecule has 3 heterocycles. The summed E-state index contributed by atoms with van der Waals surface area (Å²) in [4.78, 5) is 29.9. The maximum absolute atomic E-state index is 12.1. The number of carbonyl (C=O) groups is 2. The van der Waals surface area contributed by atoms with Crippen LogP contribution in [0.5, 0.6) is 5.88 Å². The number of nitrogens with one attached hydrogen (secondary N) is 1. The fourth-order valence-corrected chi connectivity index (χ4v) is 3.19. The molecule has 1 atom stereocenters. The van der Waals surface area contributed by atoms with Gasteiger partial charge in [-0.3, -0.25) is 24.2 Å². The quantitative estimate of drug-likeness (QED) is 0.839. The van der Waals surface area contributed by atoms with Crippen LogP contribution in [0.3, 0.4) is 0 Å². The van der Waals surface area contributed by atoms with E-state index in [1.807, 2.05) is 16.0 Å². The van der Waals surface area contributed by atoms with Crippen LogP contribution in [0.1, 0.15) is 18.5 Å². The lowest BCUT2D eigenvalue weighted by Gasteiger charge is -2.28. The molecule has 1 unspecified atom stereocenters. The van der Waals surface area contributed by atoms with Gasteiger partial charge in [0, 0.05) is 31.6 Å². The summed E-state index contributed by atoms with van der Waals surface area (Å²) in [5.74, 6) is 0.249. The first-order chi connectivity index (χ1) is 10.1. The summed E-state index contributed by atoms with van der Waals surface area (Å²) in [5, 5.41) is 5.15. The molecule has 1 fully saturated rings. The van der Waals surface area contributed by atoms with Gasteiger partial charge >= 0.3 is 0 Å². The number of hydrogen-bond acceptors (Lipinski definition) is 6. The molecule has 1 N–H and O–H groups in total. The van der Waals surface area contributed by atoms with Crippen molar-refractivity contribution in [2.24, 2.45) is 0 Å². The Hall–Kier alpha value is -1.93. The number of thiazole rings is 1. The third kappa shape index (κ3) is 2.40. The van der Waals surface area contributed by atoms with Crippen LogP contribution in [-0.2, 0) is 16.1 Å². The first kappa shape index (κ1) is 14.0. The van der Waals surface area contributed by atoms with Gasteiger partial charge in [0.2, 0.25) is 17.7 Å². The Bertz CT molecular complexity index is 693. The first-order valence-corrected chi connectivity index (χ1v) is 7.52. The summed E-state index contributed by atoms with van der Waals surface area (Å²) in [7, 11) is 3.10. The Morgan fingerprint density at radius 3 is 3.10 bits per heavy atom. The molecule has 0 saturated carbocycles. The summed E-state index contributed by atoms with van der Waals surface area (Å²) in [5.41, 5.74) is 0.876. The van der Waals surface area contributed by atoms with E-state index < -0.39 is 0 Å². The normalized spacial score (nSPS) is 19.5. The molecule has 1 aliphatic heterocycles. The minimum Gasteiger partial charge on any atom is -0.480 e. The highest BCUT2D eigenvalue weighted by molar-refractivity contribution is 7.15. The van der Waals surface area contributed by atoms with Crippen molar-refractivity contribution in [2.75, 3.05) is 14.2 Å². The molecule has 0 spiro atoms. The molecule has 7 nitrogen and oxygen atoms in total. The number of fused-ring (bicyclic) bond motifs is 1. The molecule has 2 aromatic heterocycles. The van der Waals surface area contributed by atoms with E-state index in [0.29, 0.717) is 25.3 Å². The lowest BCUT2D eigenvalue weighted by molar-refractivity contribution is -0.148. The van der Waals surface area contributed by atoms with Gasteiger partial charge in [-0.25, -0.2) is 0 Å². The molecular formula is C13H16N4O3S. The number of aromatic nitrogens is 2. The average molecular weight is 308 g/mol. The van der Waals surface area contributed by atoms with Gasteiger partial charge in [0.1, 0.15) is 5.69 Å². The van der Waals surface area contributed by atoms with E-state index in [2.05, 4.69) is 10.3 Å². The molecule has 112 valence electrons. The Morgan fingerprint density at radius 2 is 2.33 bits per heavy atom. The number of imide groups is 1. The summed E-state index contributed by atoms with van der Waals surface area (Å²) < 4.78 is 7.22. The van der Waals surface area contributed by atoms with Crippen LogP contribution < -0.4 is 10.1 Å². The fourth-order valence-electron chi connectivity index (χ4n) is 2.46. The topological polar surface area (TPSA) is 75.9 Å². The average Bonchev–Trinajstić information content (AvgIpc) is 3.05. The second-order valence-corrected chi connectivity index (χ2v) is 5.76. The van der Waals surface area contributed by atoms with Gasteiger partial charge in [0.15, 0.2) is 4.96 Å². The number of amides is 2. The van der Waals surface area contributed by atoms with Crippen molar-refractivity contribution in [1.82, 2.24) is 19.6 Å². The van der Waals surface area contributed by atoms with Gasteiger partial charge in [-0.1, -0.05) is 0 Å². The van der Waals surface area contributed by atoms with Crippen molar-refractivity contribution in [3.05, 3.63) is 17.3 Å². The molecule has 0 aromatic carbocycles. The maximum atomic E-state index is 12.1. The predicted octanol–water partition coefficient (Wildman–Crippen LogP) is 0.641. The number of rotatable bonds is 4. The standard InChI is InChI=1S/C13H16N4O3S/c1-16-10(18)4-3-8(12(16)19)14-7-9-11(20-2)15-13-17(9)5-6-21-13/h5-6,8,14H,3-4,7H2,1-2H3. The zero-order valence-corrected chi connectivity index (χ0v) is 12.6. The number of carbonyl (C=O) groups excluding carboxylic acids is 2. The van der Waals surface area contributed by atoms with Crippen LogP contribution in [-0.4, -0.2) is 46.3 Å². The molecule has 2 aromatic rings. The third-order valence-corrected chi connectivity index (χ3v) is 4.44. The molecule has 3 rings (SSSR count). The van der Waals surface area contributed by atoms with Crippen molar-refractivity contribution in [3.8, 4) is 5.88 Å². The first-order valence-electron chi connectivity index (χ1n) is 6.64. The van der Waals surface area contributed by atoms with Gasteiger partial charge in [-0.05, 0) is 6.42 Å². The van der Waals surface area contributed by atoms with Gasteiger partial charge in [-0.15, -0.1) is 11.3 Å². The molecule has 8 heteroatoms. The molecule has 2 amide bonds. The number of ether oxygens (including phenoxy) is 1. The fraction of sp³-hybridized carbons (Fsp3) is 0.462. The molecule has 1 saturated heterocycles. The SMILES string of the molecule is COc1nc2sccn2c1CNC1CCC(=O)N(C)C1=O. The highest BCUT2D eigenvalue weighted by Crippen LogP contribution is 2.23. The lowest BCUT2D eigenvalue weighted by atomic mass is 10.0. The number of hydrogen-bond donors (Lipinski definition) is 1. The molecule has 0 aliphatic carbocycles. The van der Waals surface area contributed by atoms with Crippen LogP contribution in [0.15, 0.2) is 11.6 Å². The predicted molar refractivity (Wildman–Crippen MR) is 77.3 cm³/mol. The van der Waals surface area contributed by atoms with Crippen molar-refractivity contribution in [1.29, 1.82) is 0 Å². The number of piperidine rings is 1. The largest absolute Gasteiger partial charge is 0.480 e. The Kier molecular flexibility index (Phi) is 3.64. The maximum Gasteiger partial charge on any atom is 0.246 e. The minimum atomic E-state index is -0.346. The van der Waals surface area contributed by atoms with Crippen LogP contribution >= 0.6 is 11.3 Å². The zero-order chi connectivity index (χ0) is 15.0. The summed E-state index contributed by atoms with van der Waals surface area (Å²) in [6.07, 6.45) is 2.83. The molecule has 21 heavy (non-hydrogen) atoms. The van der Waals surface area contributed by atoms with Crippen LogP contribution in [0.25, 0.3) is 4.96 Å². The Labute approximate surface area is 125 Å². The highest BCUT2D eigenvalue weighted by atomic mass is 32.1. The van der Waals surface area contributed by atoms with E-state index >= 15 is 0 Å². The van der Waals surface area contributed by atoms with Crippen LogP contribution in [0.4, 0.5) is 0 Å². The smallest absolute Gasteiger partial charge is 0.246 e. The summed E-state index contributed by atoms with van der Waals surface area (Å²) in [6, 6.07) is -0.346. The van der Waals surface area contributed by atoms with E-state index in [9.17, 15) is 9.59 Å². The summed E-state index contributed by atoms with van der Waals surface area (Å²) in [6.45, 7) is 0.458. The second kappa shape index (κ2) is 5.45. The van der Waals surface area contributed by atoms with Gasteiger partial charge in [0.25, 0.3) is 0 Å².